The zero-order chi connectivity index (χ0) is 13.9. The van der Waals surface area contributed by atoms with E-state index in [0.29, 0.717) is 41.2 Å². The molecule has 1 aromatic heterocycles. The molecule has 2 heterocycles. The second-order valence-corrected chi connectivity index (χ2v) is 4.89. The van der Waals surface area contributed by atoms with E-state index < -0.39 is 0 Å². The van der Waals surface area contributed by atoms with E-state index in [2.05, 4.69) is 10.3 Å². The smallest absolute Gasteiger partial charge is 0.257 e. The van der Waals surface area contributed by atoms with E-state index in [4.69, 9.17) is 14.2 Å². The second kappa shape index (κ2) is 5.38. The Hall–Kier alpha value is -2.28. The van der Waals surface area contributed by atoms with Gasteiger partial charge in [0.2, 0.25) is 5.75 Å². The number of thiazole rings is 1. The SMILES string of the molecule is COc1cc(C(=O)Nc2nccs2)cc2c1OCCO2. The van der Waals surface area contributed by atoms with Crippen molar-refractivity contribution in [2.45, 2.75) is 0 Å². The highest BCUT2D eigenvalue weighted by Crippen LogP contribution is 2.40. The highest BCUT2D eigenvalue weighted by Gasteiger charge is 2.21. The summed E-state index contributed by atoms with van der Waals surface area (Å²) >= 11 is 1.35. The summed E-state index contributed by atoms with van der Waals surface area (Å²) in [4.78, 5) is 16.2. The summed E-state index contributed by atoms with van der Waals surface area (Å²) in [5, 5.41) is 5.05. The third-order valence-corrected chi connectivity index (χ3v) is 3.43. The molecule has 1 aromatic carbocycles. The van der Waals surface area contributed by atoms with Gasteiger partial charge in [-0.2, -0.15) is 0 Å². The van der Waals surface area contributed by atoms with Gasteiger partial charge in [0.15, 0.2) is 16.6 Å². The zero-order valence-corrected chi connectivity index (χ0v) is 11.5. The molecule has 3 rings (SSSR count). The number of ether oxygens (including phenoxy) is 3. The largest absolute Gasteiger partial charge is 0.493 e. The summed E-state index contributed by atoms with van der Waals surface area (Å²) in [6.45, 7) is 0.918. The van der Waals surface area contributed by atoms with Crippen molar-refractivity contribution in [1.82, 2.24) is 4.98 Å². The second-order valence-electron chi connectivity index (χ2n) is 3.99. The number of amides is 1. The predicted octanol–water partition coefficient (Wildman–Crippen LogP) is 2.18. The number of aromatic nitrogens is 1. The van der Waals surface area contributed by atoms with Gasteiger partial charge in [0.05, 0.1) is 7.11 Å². The number of hydrogen-bond acceptors (Lipinski definition) is 6. The van der Waals surface area contributed by atoms with E-state index in [9.17, 15) is 4.79 Å². The van der Waals surface area contributed by atoms with E-state index in [1.807, 2.05) is 0 Å². The normalized spacial score (nSPS) is 12.8. The summed E-state index contributed by atoms with van der Waals surface area (Å²) < 4.78 is 16.2. The van der Waals surface area contributed by atoms with Crippen LogP contribution < -0.4 is 19.5 Å². The Kier molecular flexibility index (Phi) is 3.42. The minimum absolute atomic E-state index is 0.268. The lowest BCUT2D eigenvalue weighted by Crippen LogP contribution is -2.18. The van der Waals surface area contributed by atoms with Gasteiger partial charge in [0.25, 0.3) is 5.91 Å². The van der Waals surface area contributed by atoms with Gasteiger partial charge in [-0.3, -0.25) is 10.1 Å². The monoisotopic (exact) mass is 292 g/mol. The number of hydrogen-bond donors (Lipinski definition) is 1. The van der Waals surface area contributed by atoms with Gasteiger partial charge in [-0.15, -0.1) is 11.3 Å². The lowest BCUT2D eigenvalue weighted by molar-refractivity contribution is 0.102. The number of nitrogens with one attached hydrogen (secondary N) is 1. The molecule has 1 aliphatic rings. The van der Waals surface area contributed by atoms with Crippen molar-refractivity contribution in [1.29, 1.82) is 0 Å². The molecule has 0 saturated carbocycles. The van der Waals surface area contributed by atoms with Crippen LogP contribution in [0.25, 0.3) is 0 Å². The van der Waals surface area contributed by atoms with Gasteiger partial charge in [0, 0.05) is 17.1 Å². The maximum absolute atomic E-state index is 12.2. The lowest BCUT2D eigenvalue weighted by atomic mass is 10.1. The third kappa shape index (κ3) is 2.39. The molecule has 0 unspecified atom stereocenters. The number of carbonyl (C=O) groups excluding carboxylic acids is 1. The number of methoxy groups -OCH3 is 1. The van der Waals surface area contributed by atoms with Crippen LogP contribution in [0.15, 0.2) is 23.7 Å². The highest BCUT2D eigenvalue weighted by molar-refractivity contribution is 7.13. The van der Waals surface area contributed by atoms with Crippen LogP contribution in [0.1, 0.15) is 10.4 Å². The Morgan fingerprint density at radius 3 is 3.00 bits per heavy atom. The lowest BCUT2D eigenvalue weighted by Gasteiger charge is -2.21. The number of rotatable bonds is 3. The molecule has 1 amide bonds. The van der Waals surface area contributed by atoms with E-state index in [1.54, 1.807) is 23.7 Å². The fourth-order valence-corrected chi connectivity index (χ4v) is 2.38. The van der Waals surface area contributed by atoms with Crippen molar-refractivity contribution in [2.75, 3.05) is 25.6 Å². The van der Waals surface area contributed by atoms with Crippen LogP contribution in [0, 0.1) is 0 Å². The van der Waals surface area contributed by atoms with Gasteiger partial charge in [-0.1, -0.05) is 0 Å². The average Bonchev–Trinajstić information content (AvgIpc) is 2.99. The van der Waals surface area contributed by atoms with E-state index in [0.717, 1.165) is 0 Å². The summed E-state index contributed by atoms with van der Waals surface area (Å²) in [5.74, 6) is 1.26. The maximum Gasteiger partial charge on any atom is 0.257 e. The number of nitrogens with zero attached hydrogens (tertiary/aromatic N) is 1. The van der Waals surface area contributed by atoms with E-state index >= 15 is 0 Å². The van der Waals surface area contributed by atoms with Crippen LogP contribution in [0.3, 0.4) is 0 Å². The molecule has 0 spiro atoms. The zero-order valence-electron chi connectivity index (χ0n) is 10.7. The van der Waals surface area contributed by atoms with Crippen LogP contribution >= 0.6 is 11.3 Å². The van der Waals surface area contributed by atoms with Gasteiger partial charge >= 0.3 is 0 Å². The minimum atomic E-state index is -0.268. The fraction of sp³-hybridized carbons (Fsp3) is 0.231. The minimum Gasteiger partial charge on any atom is -0.493 e. The molecule has 20 heavy (non-hydrogen) atoms. The molecule has 0 radical (unpaired) electrons. The first kappa shape index (κ1) is 12.7. The summed E-state index contributed by atoms with van der Waals surface area (Å²) in [7, 11) is 1.52. The molecular formula is C13H12N2O4S. The molecule has 6 nitrogen and oxygen atoms in total. The summed E-state index contributed by atoms with van der Waals surface area (Å²) in [5.41, 5.74) is 0.432. The molecule has 7 heteroatoms. The molecule has 1 N–H and O–H groups in total. The Labute approximate surface area is 119 Å². The predicted molar refractivity (Wildman–Crippen MR) is 74.1 cm³/mol. The number of anilines is 1. The van der Waals surface area contributed by atoms with Crippen LogP contribution in [0.5, 0.6) is 17.2 Å². The van der Waals surface area contributed by atoms with Crippen LogP contribution in [0.2, 0.25) is 0 Å². The molecule has 1 aliphatic heterocycles. The molecule has 0 saturated heterocycles. The molecule has 0 atom stereocenters. The number of carbonyl (C=O) groups is 1. The van der Waals surface area contributed by atoms with Gasteiger partial charge in [-0.25, -0.2) is 4.98 Å². The average molecular weight is 292 g/mol. The summed E-state index contributed by atoms with van der Waals surface area (Å²) in [6, 6.07) is 3.26. The maximum atomic E-state index is 12.2. The number of fused-ring (bicyclic) bond motifs is 1. The molecule has 0 fully saturated rings. The van der Waals surface area contributed by atoms with Crippen molar-refractivity contribution in [3.63, 3.8) is 0 Å². The van der Waals surface area contributed by atoms with Gasteiger partial charge in [-0.05, 0) is 12.1 Å². The topological polar surface area (TPSA) is 69.7 Å². The Bertz CT molecular complexity index is 610. The van der Waals surface area contributed by atoms with Crippen molar-refractivity contribution < 1.29 is 19.0 Å². The fourth-order valence-electron chi connectivity index (χ4n) is 1.86. The molecule has 104 valence electrons. The van der Waals surface area contributed by atoms with Crippen molar-refractivity contribution in [3.05, 3.63) is 29.3 Å². The molecule has 2 aromatic rings. The third-order valence-electron chi connectivity index (χ3n) is 2.74. The Balaban J connectivity index is 1.91. The molecule has 0 aliphatic carbocycles. The number of benzene rings is 1. The van der Waals surface area contributed by atoms with Crippen LogP contribution in [-0.4, -0.2) is 31.2 Å². The first-order valence-corrected chi connectivity index (χ1v) is 6.84. The molecule has 0 bridgehead atoms. The first-order chi connectivity index (χ1) is 9.78. The van der Waals surface area contributed by atoms with Gasteiger partial charge < -0.3 is 14.2 Å². The van der Waals surface area contributed by atoms with Crippen molar-refractivity contribution in [2.24, 2.45) is 0 Å². The standard InChI is InChI=1S/C13H12N2O4S/c1-17-9-6-8(7-10-11(9)19-4-3-18-10)12(16)15-13-14-2-5-20-13/h2,5-7H,3-4H2,1H3,(H,14,15,16). The van der Waals surface area contributed by atoms with Gasteiger partial charge in [0.1, 0.15) is 13.2 Å². The first-order valence-electron chi connectivity index (χ1n) is 5.96. The summed E-state index contributed by atoms with van der Waals surface area (Å²) in [6.07, 6.45) is 1.63. The molecular weight excluding hydrogens is 280 g/mol. The van der Waals surface area contributed by atoms with Crippen LogP contribution in [0.4, 0.5) is 5.13 Å². The van der Waals surface area contributed by atoms with E-state index in [1.165, 1.54) is 18.4 Å². The van der Waals surface area contributed by atoms with Crippen molar-refractivity contribution >= 4 is 22.4 Å². The quantitative estimate of drug-likeness (QED) is 0.939. The van der Waals surface area contributed by atoms with E-state index in [-0.39, 0.29) is 5.91 Å². The van der Waals surface area contributed by atoms with Crippen LogP contribution in [-0.2, 0) is 0 Å². The Morgan fingerprint density at radius 1 is 1.40 bits per heavy atom. The highest BCUT2D eigenvalue weighted by atomic mass is 32.1. The Morgan fingerprint density at radius 2 is 2.25 bits per heavy atom. The van der Waals surface area contributed by atoms with Crippen molar-refractivity contribution in [3.8, 4) is 17.2 Å².